The zero-order valence-corrected chi connectivity index (χ0v) is 15.6. The third kappa shape index (κ3) is 15.6. The van der Waals surface area contributed by atoms with E-state index >= 15 is 0 Å². The average Bonchev–Trinajstić information content (AvgIpc) is 2.53. The van der Waals surface area contributed by atoms with E-state index in [1.54, 1.807) is 0 Å². The van der Waals surface area contributed by atoms with Crippen molar-refractivity contribution >= 4 is 11.9 Å². The molecule has 138 valence electrons. The molecule has 23 heavy (non-hydrogen) atoms. The molecule has 0 atom stereocenters. The Morgan fingerprint density at radius 1 is 0.739 bits per heavy atom. The highest BCUT2D eigenvalue weighted by atomic mass is 16.4. The quantitative estimate of drug-likeness (QED) is 0.416. The van der Waals surface area contributed by atoms with E-state index in [-0.39, 0.29) is 12.8 Å². The van der Waals surface area contributed by atoms with Gasteiger partial charge in [0.05, 0.1) is 26.2 Å². The molecule has 0 aromatic heterocycles. The molecule has 0 saturated carbocycles. The third-order valence-corrected chi connectivity index (χ3v) is 4.70. The van der Waals surface area contributed by atoms with Crippen molar-refractivity contribution < 1.29 is 24.3 Å². The molecule has 0 aliphatic rings. The number of unbranched alkanes of at least 4 members (excludes halogenated alkanes) is 5. The van der Waals surface area contributed by atoms with Gasteiger partial charge in [-0.3, -0.25) is 4.79 Å². The first-order valence-electron chi connectivity index (χ1n) is 9.14. The maximum absolute atomic E-state index is 10.1. The molecule has 0 bridgehead atoms. The number of carboxylic acids is 2. The number of aliphatic carboxylic acids is 2. The highest BCUT2D eigenvalue weighted by Crippen LogP contribution is 2.08. The fourth-order valence-corrected chi connectivity index (χ4v) is 2.59. The molecule has 0 amide bonds. The number of hydrogen-bond acceptors (Lipinski definition) is 3. The van der Waals surface area contributed by atoms with Crippen molar-refractivity contribution in [2.45, 2.75) is 79.1 Å². The second-order valence-corrected chi connectivity index (χ2v) is 5.99. The fraction of sp³-hybridized carbons (Fsp3) is 0.889. The van der Waals surface area contributed by atoms with Gasteiger partial charge in [0.15, 0.2) is 0 Å². The number of nitrogens with zero attached hydrogens (tertiary/aromatic N) is 1. The van der Waals surface area contributed by atoms with Crippen LogP contribution < -0.4 is 5.11 Å². The largest absolute Gasteiger partial charge is 0.550 e. The van der Waals surface area contributed by atoms with Crippen molar-refractivity contribution in [3.05, 3.63) is 0 Å². The fourth-order valence-electron chi connectivity index (χ4n) is 2.59. The van der Waals surface area contributed by atoms with Crippen LogP contribution in [0.25, 0.3) is 0 Å². The Bertz CT molecular complexity index is 264. The van der Waals surface area contributed by atoms with Gasteiger partial charge >= 0.3 is 5.97 Å². The van der Waals surface area contributed by atoms with Crippen molar-refractivity contribution in [2.75, 3.05) is 26.2 Å². The number of carbonyl (C=O) groups is 2. The Morgan fingerprint density at radius 2 is 1.09 bits per heavy atom. The van der Waals surface area contributed by atoms with Crippen LogP contribution in [-0.2, 0) is 9.59 Å². The van der Waals surface area contributed by atoms with Crippen LogP contribution in [0.1, 0.15) is 79.1 Å². The van der Waals surface area contributed by atoms with E-state index in [1.165, 1.54) is 30.7 Å². The zero-order valence-electron chi connectivity index (χ0n) is 15.6. The summed E-state index contributed by atoms with van der Waals surface area (Å²) < 4.78 is 1.28. The molecule has 0 saturated heterocycles. The van der Waals surface area contributed by atoms with Gasteiger partial charge in [-0.1, -0.05) is 25.7 Å². The molecule has 5 heteroatoms. The van der Waals surface area contributed by atoms with E-state index in [0.29, 0.717) is 6.42 Å². The van der Waals surface area contributed by atoms with Crippen LogP contribution in [-0.4, -0.2) is 47.7 Å². The topological polar surface area (TPSA) is 77.4 Å². The van der Waals surface area contributed by atoms with Crippen molar-refractivity contribution in [3.63, 3.8) is 0 Å². The molecule has 0 aliphatic heterocycles. The summed E-state index contributed by atoms with van der Waals surface area (Å²) in [6, 6.07) is 0. The molecular weight excluding hydrogens is 294 g/mol. The predicted molar refractivity (Wildman–Crippen MR) is 92.0 cm³/mol. The maximum Gasteiger partial charge on any atom is 0.303 e. The molecule has 0 rings (SSSR count). The first kappa shape index (κ1) is 24.2. The van der Waals surface area contributed by atoms with E-state index in [0.717, 1.165) is 32.1 Å². The van der Waals surface area contributed by atoms with Crippen LogP contribution in [0.5, 0.6) is 0 Å². The molecule has 5 nitrogen and oxygen atoms in total. The van der Waals surface area contributed by atoms with E-state index in [2.05, 4.69) is 27.7 Å². The summed E-state index contributed by atoms with van der Waals surface area (Å²) in [5.74, 6) is -1.74. The number of carboxylic acid groups (broad SMARTS) is 2. The predicted octanol–water partition coefficient (Wildman–Crippen LogP) is 2.82. The summed E-state index contributed by atoms with van der Waals surface area (Å²) in [7, 11) is 0. The van der Waals surface area contributed by atoms with Gasteiger partial charge in [0.2, 0.25) is 0 Å². The second-order valence-electron chi connectivity index (χ2n) is 5.99. The number of carbonyl (C=O) groups excluding carboxylic acids is 1. The highest BCUT2D eigenvalue weighted by molar-refractivity contribution is 5.66. The molecular formula is C18H37NO4. The molecule has 0 radical (unpaired) electrons. The lowest BCUT2D eigenvalue weighted by atomic mass is 10.1. The van der Waals surface area contributed by atoms with Crippen LogP contribution in [0.2, 0.25) is 0 Å². The highest BCUT2D eigenvalue weighted by Gasteiger charge is 2.16. The average molecular weight is 331 g/mol. The van der Waals surface area contributed by atoms with Crippen LogP contribution in [0, 0.1) is 0 Å². The van der Waals surface area contributed by atoms with Gasteiger partial charge in [0, 0.05) is 12.4 Å². The molecule has 0 aromatic carbocycles. The molecule has 0 unspecified atom stereocenters. The van der Waals surface area contributed by atoms with Gasteiger partial charge in [0.1, 0.15) is 0 Å². The SMILES string of the molecule is CC[N+](CC)(CC)CC.O=C([O-])CCCCCCCCC(=O)O. The van der Waals surface area contributed by atoms with E-state index < -0.39 is 11.9 Å². The summed E-state index contributed by atoms with van der Waals surface area (Å²) in [6.07, 6.45) is 5.52. The minimum absolute atomic E-state index is 0.134. The summed E-state index contributed by atoms with van der Waals surface area (Å²) in [6.45, 7) is 14.2. The first-order chi connectivity index (χ1) is 10.9. The third-order valence-electron chi connectivity index (χ3n) is 4.70. The second kappa shape index (κ2) is 15.8. The standard InChI is InChI=1S/C10H18O4.C8H20N/c11-9(12)7-5-3-1-2-4-6-8-10(13)14;1-5-9(6-2,7-3)8-4/h1-8H2,(H,11,12)(H,13,14);5-8H2,1-4H3/q;+1/p-1. The monoisotopic (exact) mass is 331 g/mol. The van der Waals surface area contributed by atoms with Gasteiger partial charge in [-0.05, 0) is 47.0 Å². The van der Waals surface area contributed by atoms with Crippen molar-refractivity contribution in [1.29, 1.82) is 0 Å². The van der Waals surface area contributed by atoms with Gasteiger partial charge < -0.3 is 19.5 Å². The summed E-state index contributed by atoms with van der Waals surface area (Å²) in [5, 5.41) is 18.4. The Balaban J connectivity index is 0. The van der Waals surface area contributed by atoms with Crippen LogP contribution in [0.15, 0.2) is 0 Å². The first-order valence-corrected chi connectivity index (χ1v) is 9.14. The van der Waals surface area contributed by atoms with Crippen LogP contribution >= 0.6 is 0 Å². The van der Waals surface area contributed by atoms with Crippen molar-refractivity contribution in [2.24, 2.45) is 0 Å². The molecule has 0 aromatic rings. The van der Waals surface area contributed by atoms with Crippen molar-refractivity contribution in [1.82, 2.24) is 0 Å². The lowest BCUT2D eigenvalue weighted by molar-refractivity contribution is -0.921. The minimum Gasteiger partial charge on any atom is -0.550 e. The maximum atomic E-state index is 10.1. The molecule has 0 spiro atoms. The molecule has 0 aliphatic carbocycles. The Hall–Kier alpha value is -1.10. The zero-order chi connectivity index (χ0) is 18.1. The number of quaternary nitrogens is 1. The Morgan fingerprint density at radius 3 is 1.35 bits per heavy atom. The lowest BCUT2D eigenvalue weighted by Gasteiger charge is -2.34. The summed E-state index contributed by atoms with van der Waals surface area (Å²) >= 11 is 0. The van der Waals surface area contributed by atoms with Crippen molar-refractivity contribution in [3.8, 4) is 0 Å². The summed E-state index contributed by atoms with van der Waals surface area (Å²) in [5.41, 5.74) is 0. The Labute approximate surface area is 142 Å². The van der Waals surface area contributed by atoms with E-state index in [4.69, 9.17) is 5.11 Å². The van der Waals surface area contributed by atoms with Crippen LogP contribution in [0.4, 0.5) is 0 Å². The smallest absolute Gasteiger partial charge is 0.303 e. The summed E-state index contributed by atoms with van der Waals surface area (Å²) in [4.78, 5) is 20.2. The van der Waals surface area contributed by atoms with Gasteiger partial charge in [0.25, 0.3) is 0 Å². The van der Waals surface area contributed by atoms with Gasteiger partial charge in [-0.2, -0.15) is 0 Å². The molecule has 0 fully saturated rings. The number of rotatable bonds is 13. The Kier molecular flexibility index (Phi) is 16.6. The van der Waals surface area contributed by atoms with E-state index in [1.807, 2.05) is 0 Å². The van der Waals surface area contributed by atoms with Gasteiger partial charge in [-0.25, -0.2) is 0 Å². The molecule has 0 heterocycles. The van der Waals surface area contributed by atoms with Crippen LogP contribution in [0.3, 0.4) is 0 Å². The van der Waals surface area contributed by atoms with E-state index in [9.17, 15) is 14.7 Å². The lowest BCUT2D eigenvalue weighted by Crippen LogP contribution is -2.47. The normalized spacial score (nSPS) is 10.8. The number of hydrogen-bond donors (Lipinski definition) is 1. The van der Waals surface area contributed by atoms with Gasteiger partial charge in [-0.15, -0.1) is 0 Å². The minimum atomic E-state index is -0.990. The molecule has 1 N–H and O–H groups in total.